The summed E-state index contributed by atoms with van der Waals surface area (Å²) in [5.41, 5.74) is 3.39. The average molecular weight is 649 g/mol. The number of nitro benzene ring substituents is 1. The number of amides is 1. The molecule has 12 heteroatoms. The van der Waals surface area contributed by atoms with Gasteiger partial charge in [-0.2, -0.15) is 0 Å². The molecule has 0 saturated carbocycles. The van der Waals surface area contributed by atoms with E-state index in [0.717, 1.165) is 22.9 Å². The average Bonchev–Trinajstić information content (AvgIpc) is 3.35. The first-order valence-corrected chi connectivity index (χ1v) is 16.0. The van der Waals surface area contributed by atoms with Gasteiger partial charge in [0.15, 0.2) is 9.96 Å². The topological polar surface area (TPSA) is 132 Å². The molecule has 0 saturated heterocycles. The van der Waals surface area contributed by atoms with Gasteiger partial charge in [0.2, 0.25) is 0 Å². The van der Waals surface area contributed by atoms with Crippen LogP contribution in [0.15, 0.2) is 122 Å². The molecule has 0 spiro atoms. The molecule has 230 valence electrons. The largest absolute Gasteiger partial charge is 0.322 e. The van der Waals surface area contributed by atoms with E-state index in [1.807, 2.05) is 42.5 Å². The van der Waals surface area contributed by atoms with Gasteiger partial charge in [0.1, 0.15) is 0 Å². The molecule has 6 rings (SSSR count). The minimum atomic E-state index is -0.734. The van der Waals surface area contributed by atoms with Crippen molar-refractivity contribution in [2.75, 3.05) is 5.32 Å². The molecule has 0 unspecified atom stereocenters. The van der Waals surface area contributed by atoms with Crippen LogP contribution in [0.4, 0.5) is 11.4 Å². The predicted molar refractivity (Wildman–Crippen MR) is 179 cm³/mol. The lowest BCUT2D eigenvalue weighted by atomic mass is 9.93. The van der Waals surface area contributed by atoms with Crippen molar-refractivity contribution in [2.24, 2.45) is 4.99 Å². The molecular formula is C34H28N6O4S2. The second kappa shape index (κ2) is 13.0. The standard InChI is InChI=1S/C34H28N6O4S2/c1-20(2)23-11-13-24(14-12-23)30-29(31(41)38-25-8-5-4-6-9-25)21(3)37-34-39(30)32(42)28(46-34)19-22-10-15-27(26(18-22)40(43)44)45-33-35-16-7-17-36-33/h4-20,30H,1-3H3,(H,38,41)/b28-19+/t30-/m1/s1. The Labute approximate surface area is 272 Å². The van der Waals surface area contributed by atoms with Crippen molar-refractivity contribution in [3.63, 3.8) is 0 Å². The van der Waals surface area contributed by atoms with E-state index < -0.39 is 11.0 Å². The maximum atomic E-state index is 14.1. The monoisotopic (exact) mass is 648 g/mol. The Balaban J connectivity index is 1.45. The summed E-state index contributed by atoms with van der Waals surface area (Å²) in [5, 5.41) is 15.3. The zero-order valence-electron chi connectivity index (χ0n) is 25.1. The van der Waals surface area contributed by atoms with Crippen LogP contribution in [-0.2, 0) is 4.79 Å². The van der Waals surface area contributed by atoms with Gasteiger partial charge in [0.25, 0.3) is 17.2 Å². The number of nitro groups is 1. The van der Waals surface area contributed by atoms with E-state index in [1.54, 1.807) is 60.3 Å². The molecular weight excluding hydrogens is 621 g/mol. The van der Waals surface area contributed by atoms with Crippen LogP contribution in [0.1, 0.15) is 49.4 Å². The summed E-state index contributed by atoms with van der Waals surface area (Å²) in [7, 11) is 0. The summed E-state index contributed by atoms with van der Waals surface area (Å²) in [6.45, 7) is 5.97. The van der Waals surface area contributed by atoms with Crippen LogP contribution in [-0.4, -0.2) is 25.4 Å². The van der Waals surface area contributed by atoms with E-state index in [9.17, 15) is 19.7 Å². The van der Waals surface area contributed by atoms with Gasteiger partial charge in [-0.05, 0) is 71.6 Å². The summed E-state index contributed by atoms with van der Waals surface area (Å²) in [6, 6.07) is 22.7. The van der Waals surface area contributed by atoms with Gasteiger partial charge in [-0.15, -0.1) is 0 Å². The lowest BCUT2D eigenvalue weighted by Gasteiger charge is -2.25. The number of carbonyl (C=O) groups excluding carboxylic acids is 1. The number of para-hydroxylation sites is 1. The second-order valence-corrected chi connectivity index (χ2v) is 12.9. The fraction of sp³-hybridized carbons (Fsp3) is 0.147. The van der Waals surface area contributed by atoms with Crippen molar-refractivity contribution >= 4 is 46.5 Å². The molecule has 0 aliphatic carbocycles. The SMILES string of the molecule is CC1=C(C(=O)Nc2ccccc2)[C@@H](c2ccc(C(C)C)cc2)n2c(s/c(=C/c3ccc(Sc4ncccn4)c([N+](=O)[O-])c3)c2=O)=N1. The van der Waals surface area contributed by atoms with Crippen molar-refractivity contribution in [3.05, 3.63) is 149 Å². The molecule has 5 aromatic rings. The number of anilines is 1. The highest BCUT2D eigenvalue weighted by Crippen LogP contribution is 2.34. The van der Waals surface area contributed by atoms with Crippen molar-refractivity contribution in [2.45, 2.75) is 42.8 Å². The fourth-order valence-corrected chi connectivity index (χ4v) is 7.00. The third kappa shape index (κ3) is 6.30. The number of rotatable bonds is 8. The highest BCUT2D eigenvalue weighted by molar-refractivity contribution is 7.99. The molecule has 1 N–H and O–H groups in total. The van der Waals surface area contributed by atoms with Gasteiger partial charge in [0.05, 0.1) is 31.7 Å². The maximum absolute atomic E-state index is 14.1. The first-order chi connectivity index (χ1) is 22.2. The number of fused-ring (bicyclic) bond motifs is 1. The first kappa shape index (κ1) is 30.8. The van der Waals surface area contributed by atoms with Gasteiger partial charge >= 0.3 is 0 Å². The van der Waals surface area contributed by atoms with Gasteiger partial charge in [0, 0.05) is 24.1 Å². The minimum absolute atomic E-state index is 0.127. The predicted octanol–water partition coefficient (Wildman–Crippen LogP) is 5.85. The Morgan fingerprint density at radius 2 is 1.76 bits per heavy atom. The first-order valence-electron chi connectivity index (χ1n) is 14.4. The molecule has 1 amide bonds. The molecule has 1 atom stereocenters. The molecule has 10 nitrogen and oxygen atoms in total. The molecule has 2 aromatic heterocycles. The van der Waals surface area contributed by atoms with Crippen molar-refractivity contribution < 1.29 is 9.72 Å². The van der Waals surface area contributed by atoms with Gasteiger partial charge in [-0.1, -0.05) is 73.7 Å². The molecule has 0 fully saturated rings. The van der Waals surface area contributed by atoms with Crippen molar-refractivity contribution in [1.29, 1.82) is 0 Å². The Kier molecular flexibility index (Phi) is 8.73. The van der Waals surface area contributed by atoms with Gasteiger partial charge in [-0.25, -0.2) is 15.0 Å². The fourth-order valence-electron chi connectivity index (χ4n) is 5.15. The van der Waals surface area contributed by atoms with Crippen LogP contribution >= 0.6 is 23.1 Å². The lowest BCUT2D eigenvalue weighted by molar-refractivity contribution is -0.387. The third-order valence-electron chi connectivity index (χ3n) is 7.44. The lowest BCUT2D eigenvalue weighted by Crippen LogP contribution is -2.40. The van der Waals surface area contributed by atoms with Crippen LogP contribution in [0.25, 0.3) is 6.08 Å². The van der Waals surface area contributed by atoms with E-state index in [0.29, 0.717) is 47.8 Å². The van der Waals surface area contributed by atoms with E-state index in [-0.39, 0.29) is 17.2 Å². The van der Waals surface area contributed by atoms with E-state index in [1.165, 1.54) is 17.4 Å². The van der Waals surface area contributed by atoms with Crippen LogP contribution in [0.2, 0.25) is 0 Å². The number of hydrogen-bond acceptors (Lipinski definition) is 9. The summed E-state index contributed by atoms with van der Waals surface area (Å²) < 4.78 is 1.88. The van der Waals surface area contributed by atoms with E-state index in [2.05, 4.69) is 29.1 Å². The normalized spacial score (nSPS) is 14.6. The zero-order valence-corrected chi connectivity index (χ0v) is 26.7. The second-order valence-electron chi connectivity index (χ2n) is 10.8. The molecule has 1 aliphatic heterocycles. The summed E-state index contributed by atoms with van der Waals surface area (Å²) >= 11 is 2.26. The highest BCUT2D eigenvalue weighted by atomic mass is 32.2. The molecule has 0 radical (unpaired) electrons. The van der Waals surface area contributed by atoms with Crippen molar-refractivity contribution in [1.82, 2.24) is 14.5 Å². The molecule has 46 heavy (non-hydrogen) atoms. The molecule has 3 aromatic carbocycles. The zero-order chi connectivity index (χ0) is 32.4. The van der Waals surface area contributed by atoms with Gasteiger partial charge in [-0.3, -0.25) is 24.3 Å². The quantitative estimate of drug-likeness (QED) is 0.127. The minimum Gasteiger partial charge on any atom is -0.322 e. The number of allylic oxidation sites excluding steroid dienone is 1. The Bertz CT molecular complexity index is 2160. The molecule has 3 heterocycles. The number of hydrogen-bond donors (Lipinski definition) is 1. The molecule has 0 bridgehead atoms. The smallest absolute Gasteiger partial charge is 0.283 e. The summed E-state index contributed by atoms with van der Waals surface area (Å²) in [6.07, 6.45) is 4.76. The van der Waals surface area contributed by atoms with Crippen LogP contribution in [0.5, 0.6) is 0 Å². The number of carbonyl (C=O) groups is 1. The van der Waals surface area contributed by atoms with Gasteiger partial charge < -0.3 is 5.32 Å². The van der Waals surface area contributed by atoms with Crippen LogP contribution in [0.3, 0.4) is 0 Å². The number of benzene rings is 3. The van der Waals surface area contributed by atoms with Crippen LogP contribution < -0.4 is 20.2 Å². The van der Waals surface area contributed by atoms with Crippen LogP contribution in [0, 0.1) is 10.1 Å². The number of thiazole rings is 1. The summed E-state index contributed by atoms with van der Waals surface area (Å²) in [5.74, 6) is -0.0472. The summed E-state index contributed by atoms with van der Waals surface area (Å²) in [4.78, 5) is 53.2. The Morgan fingerprint density at radius 1 is 1.04 bits per heavy atom. The number of nitrogens with one attached hydrogen (secondary N) is 1. The highest BCUT2D eigenvalue weighted by Gasteiger charge is 2.32. The Hall–Kier alpha value is -5.20. The van der Waals surface area contributed by atoms with E-state index >= 15 is 0 Å². The number of aromatic nitrogens is 3. The van der Waals surface area contributed by atoms with E-state index in [4.69, 9.17) is 4.99 Å². The maximum Gasteiger partial charge on any atom is 0.283 e. The molecule has 1 aliphatic rings. The Morgan fingerprint density at radius 3 is 2.43 bits per heavy atom. The third-order valence-corrected chi connectivity index (χ3v) is 9.38. The van der Waals surface area contributed by atoms with Crippen molar-refractivity contribution in [3.8, 4) is 0 Å². The number of nitrogens with zero attached hydrogens (tertiary/aromatic N) is 5.